The number of aliphatic carboxylic acids is 1. The fourth-order valence-electron chi connectivity index (χ4n) is 7.57. The summed E-state index contributed by atoms with van der Waals surface area (Å²) >= 11 is 0. The molecule has 3 fully saturated rings. The molecule has 2 unspecified atom stereocenters. The van der Waals surface area contributed by atoms with Gasteiger partial charge in [-0.1, -0.05) is 43.1 Å². The van der Waals surface area contributed by atoms with Gasteiger partial charge in [0.2, 0.25) is 5.79 Å². The molecule has 0 radical (unpaired) electrons. The second-order valence-corrected chi connectivity index (χ2v) is 14.5. The molecule has 0 aromatic rings. The molecule has 48 heavy (non-hydrogen) atoms. The molecule has 272 valence electrons. The molecule has 7 atom stereocenters. The first-order valence-corrected chi connectivity index (χ1v) is 18.3. The molecule has 1 saturated carbocycles. The van der Waals surface area contributed by atoms with Crippen LogP contribution in [0.4, 0.5) is 0 Å². The standard InChI is InChI=1S/C38H61NO9/c1-26(20-21-30(40)16-8-6-14-27(2)23-29-15-12-17-31(25-29)46-4)13-7-9-19-33-34(47-5)24-28(3)38(45,48-33)35(41)36(42)39-22-11-10-18-32(39)37(43)44/h20,23,28-29,31-34,45H,6-19,21-22,24-25H2,1-5H3,(H,43,44)/b26-20+,27-23+/t28-,29?,31+,32?,33-,34+,38-/m1/s1. The maximum absolute atomic E-state index is 13.3. The van der Waals surface area contributed by atoms with Crippen LogP contribution in [-0.4, -0.2) is 89.5 Å². The van der Waals surface area contributed by atoms with Gasteiger partial charge in [-0.2, -0.15) is 0 Å². The number of carbonyl (C=O) groups excluding carboxylic acids is 3. The third kappa shape index (κ3) is 11.6. The number of aliphatic hydroxyl groups is 1. The van der Waals surface area contributed by atoms with Crippen molar-refractivity contribution in [1.82, 2.24) is 4.90 Å². The number of ether oxygens (including phenoxy) is 3. The van der Waals surface area contributed by atoms with Crippen LogP contribution in [0.3, 0.4) is 0 Å². The van der Waals surface area contributed by atoms with Crippen LogP contribution >= 0.6 is 0 Å². The lowest BCUT2D eigenvalue weighted by Crippen LogP contribution is -2.62. The Hall–Kier alpha value is -2.40. The van der Waals surface area contributed by atoms with Crippen molar-refractivity contribution in [2.45, 2.75) is 160 Å². The SMILES string of the molecule is CO[C@H]1CCCC(/C=C(\C)CCCCC(=O)C/C=C(\C)CCCC[C@H]2O[C@@](O)(C(=O)C(=O)N3CCCCC3C(=O)O)[C@H](C)C[C@@H]2OC)C1. The maximum atomic E-state index is 13.3. The normalized spacial score (nSPS) is 30.2. The number of likely N-dealkylation sites (tertiary alicyclic amines) is 1. The predicted molar refractivity (Wildman–Crippen MR) is 183 cm³/mol. The lowest BCUT2D eigenvalue weighted by Gasteiger charge is -2.45. The maximum Gasteiger partial charge on any atom is 0.326 e. The first kappa shape index (κ1) is 40.0. The van der Waals surface area contributed by atoms with E-state index in [0.717, 1.165) is 61.8 Å². The molecule has 0 bridgehead atoms. The van der Waals surface area contributed by atoms with E-state index in [1.54, 1.807) is 21.1 Å². The van der Waals surface area contributed by atoms with Crippen molar-refractivity contribution < 1.29 is 43.6 Å². The van der Waals surface area contributed by atoms with Gasteiger partial charge in [0.05, 0.1) is 18.3 Å². The van der Waals surface area contributed by atoms with Crippen molar-refractivity contribution in [2.24, 2.45) is 11.8 Å². The Bertz CT molecular complexity index is 1150. The number of nitrogens with zero attached hydrogens (tertiary/aromatic N) is 1. The minimum atomic E-state index is -2.34. The van der Waals surface area contributed by atoms with E-state index in [1.807, 2.05) is 13.0 Å². The number of carbonyl (C=O) groups is 4. The van der Waals surface area contributed by atoms with E-state index in [-0.39, 0.29) is 24.9 Å². The number of rotatable bonds is 18. The van der Waals surface area contributed by atoms with E-state index in [9.17, 15) is 29.4 Å². The smallest absolute Gasteiger partial charge is 0.326 e. The van der Waals surface area contributed by atoms with Crippen molar-refractivity contribution in [3.8, 4) is 0 Å². The van der Waals surface area contributed by atoms with Crippen LogP contribution < -0.4 is 0 Å². The minimum Gasteiger partial charge on any atom is -0.480 e. The summed E-state index contributed by atoms with van der Waals surface area (Å²) in [5.41, 5.74) is 2.57. The van der Waals surface area contributed by atoms with Gasteiger partial charge >= 0.3 is 5.97 Å². The van der Waals surface area contributed by atoms with Crippen LogP contribution in [-0.2, 0) is 33.4 Å². The monoisotopic (exact) mass is 675 g/mol. The van der Waals surface area contributed by atoms with Crippen LogP contribution in [0, 0.1) is 11.8 Å². The first-order chi connectivity index (χ1) is 22.9. The van der Waals surface area contributed by atoms with Crippen molar-refractivity contribution >= 4 is 23.4 Å². The predicted octanol–water partition coefficient (Wildman–Crippen LogP) is 6.33. The molecule has 10 heteroatoms. The number of amides is 1. The van der Waals surface area contributed by atoms with Crippen molar-refractivity contribution in [2.75, 3.05) is 20.8 Å². The number of ketones is 2. The Labute approximate surface area is 287 Å². The van der Waals surface area contributed by atoms with Gasteiger partial charge in [0.25, 0.3) is 11.7 Å². The highest BCUT2D eigenvalue weighted by Crippen LogP contribution is 2.37. The average Bonchev–Trinajstić information content (AvgIpc) is 3.08. The summed E-state index contributed by atoms with van der Waals surface area (Å²) < 4.78 is 17.2. The number of hydrogen-bond donors (Lipinski definition) is 2. The van der Waals surface area contributed by atoms with Crippen molar-refractivity contribution in [3.63, 3.8) is 0 Å². The van der Waals surface area contributed by atoms with E-state index in [4.69, 9.17) is 14.2 Å². The number of carboxylic acid groups (broad SMARTS) is 1. The fourth-order valence-corrected chi connectivity index (χ4v) is 7.57. The summed E-state index contributed by atoms with van der Waals surface area (Å²) in [5, 5.41) is 21.0. The van der Waals surface area contributed by atoms with Crippen molar-refractivity contribution in [3.05, 3.63) is 23.3 Å². The molecule has 2 N–H and O–H groups in total. The average molecular weight is 676 g/mol. The molecular weight excluding hydrogens is 614 g/mol. The van der Waals surface area contributed by atoms with Gasteiger partial charge in [0, 0.05) is 39.5 Å². The summed E-state index contributed by atoms with van der Waals surface area (Å²) in [4.78, 5) is 51.8. The number of carboxylic acids is 1. The quantitative estimate of drug-likeness (QED) is 0.0970. The van der Waals surface area contributed by atoms with E-state index in [1.165, 1.54) is 18.4 Å². The Morgan fingerprint density at radius 3 is 2.31 bits per heavy atom. The van der Waals surface area contributed by atoms with E-state index in [0.29, 0.717) is 50.5 Å². The molecular formula is C38H61NO9. The van der Waals surface area contributed by atoms with Crippen molar-refractivity contribution in [1.29, 1.82) is 0 Å². The van der Waals surface area contributed by atoms with Crippen LogP contribution in [0.5, 0.6) is 0 Å². The van der Waals surface area contributed by atoms with E-state index >= 15 is 0 Å². The zero-order valence-electron chi connectivity index (χ0n) is 30.0. The second-order valence-electron chi connectivity index (χ2n) is 14.5. The van der Waals surface area contributed by atoms with Gasteiger partial charge in [0.1, 0.15) is 11.8 Å². The molecule has 2 saturated heterocycles. The molecule has 1 aliphatic carbocycles. The lowest BCUT2D eigenvalue weighted by atomic mass is 9.84. The first-order valence-electron chi connectivity index (χ1n) is 18.3. The van der Waals surface area contributed by atoms with Crippen LogP contribution in [0.2, 0.25) is 0 Å². The highest BCUT2D eigenvalue weighted by Gasteiger charge is 2.54. The largest absolute Gasteiger partial charge is 0.480 e. The second kappa shape index (κ2) is 19.7. The van der Waals surface area contributed by atoms with Gasteiger partial charge in [-0.05, 0) is 103 Å². The zero-order valence-corrected chi connectivity index (χ0v) is 30.0. The zero-order chi connectivity index (χ0) is 35.3. The summed E-state index contributed by atoms with van der Waals surface area (Å²) in [6.07, 6.45) is 17.4. The van der Waals surface area contributed by atoms with Gasteiger partial charge in [-0.25, -0.2) is 4.79 Å². The fraction of sp³-hybridized carbons (Fsp3) is 0.789. The molecule has 10 nitrogen and oxygen atoms in total. The summed E-state index contributed by atoms with van der Waals surface area (Å²) in [7, 11) is 3.37. The minimum absolute atomic E-state index is 0.155. The molecule has 0 aromatic heterocycles. The molecule has 0 spiro atoms. The third-order valence-electron chi connectivity index (χ3n) is 10.7. The lowest BCUT2D eigenvalue weighted by molar-refractivity contribution is -0.286. The summed E-state index contributed by atoms with van der Waals surface area (Å²) in [6.45, 7) is 6.03. The van der Waals surface area contributed by atoms with Crippen LogP contribution in [0.25, 0.3) is 0 Å². The third-order valence-corrected chi connectivity index (χ3v) is 10.7. The van der Waals surface area contributed by atoms with Gasteiger partial charge in [0.15, 0.2) is 0 Å². The summed E-state index contributed by atoms with van der Waals surface area (Å²) in [6, 6.07) is -1.08. The number of hydrogen-bond acceptors (Lipinski definition) is 8. The molecule has 3 rings (SSSR count). The van der Waals surface area contributed by atoms with Crippen LogP contribution in [0.1, 0.15) is 130 Å². The van der Waals surface area contributed by atoms with Crippen LogP contribution in [0.15, 0.2) is 23.3 Å². The molecule has 2 aliphatic heterocycles. The van der Waals surface area contributed by atoms with E-state index < -0.39 is 41.5 Å². The molecule has 3 aliphatic rings. The molecule has 0 aromatic carbocycles. The number of Topliss-reactive ketones (excluding diaryl/α,β-unsaturated/α-hetero) is 2. The Morgan fingerprint density at radius 2 is 1.60 bits per heavy atom. The number of piperidine rings is 1. The number of unbranched alkanes of at least 4 members (excludes halogenated alkanes) is 2. The van der Waals surface area contributed by atoms with Gasteiger partial charge in [-0.3, -0.25) is 14.4 Å². The molecule has 1 amide bonds. The van der Waals surface area contributed by atoms with Gasteiger partial charge < -0.3 is 29.3 Å². The van der Waals surface area contributed by atoms with Gasteiger partial charge in [-0.15, -0.1) is 0 Å². The highest BCUT2D eigenvalue weighted by molar-refractivity contribution is 6.39. The Balaban J connectivity index is 1.39. The Kier molecular flexibility index (Phi) is 16.4. The topological polar surface area (TPSA) is 140 Å². The Morgan fingerprint density at radius 1 is 0.896 bits per heavy atom. The highest BCUT2D eigenvalue weighted by atomic mass is 16.7. The summed E-state index contributed by atoms with van der Waals surface area (Å²) in [5.74, 6) is -5.46. The molecule has 2 heterocycles. The van der Waals surface area contributed by atoms with E-state index in [2.05, 4.69) is 13.0 Å². The number of allylic oxidation sites excluding steroid dienone is 4. The number of methoxy groups -OCH3 is 2.